The highest BCUT2D eigenvalue weighted by atomic mass is 79.9. The molecule has 1 rings (SSSR count). The first-order valence-electron chi connectivity index (χ1n) is 5.66. The van der Waals surface area contributed by atoms with Gasteiger partial charge in [0.1, 0.15) is 10.7 Å². The summed E-state index contributed by atoms with van der Waals surface area (Å²) in [7, 11) is 0. The first-order chi connectivity index (χ1) is 7.90. The molecule has 2 N–H and O–H groups in total. The average molecular weight is 316 g/mol. The standard InChI is InChI=1S/C13H18BrNOS/c1-8(2)6-9(3)16-12-5-4-10(13(15)17)7-11(12)14/h4-5,7-9H,6H2,1-3H3,(H2,15,17). The zero-order valence-corrected chi connectivity index (χ0v) is 12.8. The lowest BCUT2D eigenvalue weighted by atomic mass is 10.1. The van der Waals surface area contributed by atoms with Crippen molar-refractivity contribution < 1.29 is 4.74 Å². The van der Waals surface area contributed by atoms with E-state index in [4.69, 9.17) is 22.7 Å². The molecule has 1 aromatic rings. The second-order valence-electron chi connectivity index (χ2n) is 4.57. The molecule has 1 atom stereocenters. The Balaban J connectivity index is 2.75. The van der Waals surface area contributed by atoms with Gasteiger partial charge in [0.15, 0.2) is 0 Å². The maximum Gasteiger partial charge on any atom is 0.133 e. The molecule has 0 aliphatic rings. The van der Waals surface area contributed by atoms with E-state index in [0.29, 0.717) is 10.9 Å². The molecule has 0 saturated heterocycles. The Kier molecular flexibility index (Phi) is 5.40. The average Bonchev–Trinajstić information content (AvgIpc) is 2.19. The number of rotatable bonds is 5. The molecular formula is C13H18BrNOS. The van der Waals surface area contributed by atoms with E-state index in [0.717, 1.165) is 22.2 Å². The Bertz CT molecular complexity index is 406. The molecule has 0 fully saturated rings. The van der Waals surface area contributed by atoms with Crippen LogP contribution in [0, 0.1) is 5.92 Å². The summed E-state index contributed by atoms with van der Waals surface area (Å²) in [6.45, 7) is 6.45. The second kappa shape index (κ2) is 6.36. The Morgan fingerprint density at radius 2 is 2.06 bits per heavy atom. The second-order valence-corrected chi connectivity index (χ2v) is 5.86. The summed E-state index contributed by atoms with van der Waals surface area (Å²) in [6.07, 6.45) is 1.23. The van der Waals surface area contributed by atoms with Crippen molar-refractivity contribution in [2.45, 2.75) is 33.3 Å². The molecule has 2 nitrogen and oxygen atoms in total. The van der Waals surface area contributed by atoms with Crippen LogP contribution in [0.25, 0.3) is 0 Å². The number of benzene rings is 1. The third-order valence-corrected chi connectivity index (χ3v) is 3.20. The zero-order valence-electron chi connectivity index (χ0n) is 10.4. The molecule has 0 aromatic heterocycles. The van der Waals surface area contributed by atoms with Crippen molar-refractivity contribution in [3.63, 3.8) is 0 Å². The van der Waals surface area contributed by atoms with E-state index in [-0.39, 0.29) is 6.10 Å². The van der Waals surface area contributed by atoms with Crippen LogP contribution in [0.2, 0.25) is 0 Å². The topological polar surface area (TPSA) is 35.2 Å². The third kappa shape index (κ3) is 4.64. The van der Waals surface area contributed by atoms with Crippen LogP contribution >= 0.6 is 28.1 Å². The van der Waals surface area contributed by atoms with Gasteiger partial charge in [-0.25, -0.2) is 0 Å². The molecule has 0 bridgehead atoms. The lowest BCUT2D eigenvalue weighted by Crippen LogP contribution is -2.15. The van der Waals surface area contributed by atoms with Crippen molar-refractivity contribution in [2.24, 2.45) is 11.7 Å². The lowest BCUT2D eigenvalue weighted by Gasteiger charge is -2.17. The fourth-order valence-corrected chi connectivity index (χ4v) is 2.28. The molecule has 4 heteroatoms. The fraction of sp³-hybridized carbons (Fsp3) is 0.462. The summed E-state index contributed by atoms with van der Waals surface area (Å²) >= 11 is 8.40. The molecule has 0 radical (unpaired) electrons. The van der Waals surface area contributed by atoms with Crippen LogP contribution in [0.1, 0.15) is 32.8 Å². The molecule has 94 valence electrons. The molecular weight excluding hydrogens is 298 g/mol. The van der Waals surface area contributed by atoms with Gasteiger partial charge in [0.2, 0.25) is 0 Å². The normalized spacial score (nSPS) is 12.5. The molecule has 0 amide bonds. The van der Waals surface area contributed by atoms with Crippen LogP contribution < -0.4 is 10.5 Å². The highest BCUT2D eigenvalue weighted by Crippen LogP contribution is 2.27. The summed E-state index contributed by atoms with van der Waals surface area (Å²) in [5.41, 5.74) is 6.41. The SMILES string of the molecule is CC(C)CC(C)Oc1ccc(C(N)=S)cc1Br. The predicted octanol–water partition coefficient (Wildman–Crippen LogP) is 3.90. The molecule has 0 spiro atoms. The quantitative estimate of drug-likeness (QED) is 0.837. The van der Waals surface area contributed by atoms with Gasteiger partial charge in [-0.3, -0.25) is 0 Å². The van der Waals surface area contributed by atoms with Crippen molar-refractivity contribution >= 4 is 33.1 Å². The van der Waals surface area contributed by atoms with E-state index in [1.807, 2.05) is 18.2 Å². The first-order valence-corrected chi connectivity index (χ1v) is 6.86. The molecule has 0 aliphatic heterocycles. The van der Waals surface area contributed by atoms with Gasteiger partial charge >= 0.3 is 0 Å². The van der Waals surface area contributed by atoms with Crippen molar-refractivity contribution in [3.05, 3.63) is 28.2 Å². The van der Waals surface area contributed by atoms with Crippen LogP contribution in [-0.4, -0.2) is 11.1 Å². The predicted molar refractivity (Wildman–Crippen MR) is 79.6 cm³/mol. The van der Waals surface area contributed by atoms with Crippen LogP contribution in [0.4, 0.5) is 0 Å². The van der Waals surface area contributed by atoms with E-state index >= 15 is 0 Å². The molecule has 0 saturated carbocycles. The van der Waals surface area contributed by atoms with Gasteiger partial charge in [0.05, 0.1) is 10.6 Å². The summed E-state index contributed by atoms with van der Waals surface area (Å²) < 4.78 is 6.75. The van der Waals surface area contributed by atoms with Crippen LogP contribution in [0.5, 0.6) is 5.75 Å². The smallest absolute Gasteiger partial charge is 0.133 e. The Morgan fingerprint density at radius 3 is 2.53 bits per heavy atom. The van der Waals surface area contributed by atoms with Crippen molar-refractivity contribution in [1.29, 1.82) is 0 Å². The molecule has 0 heterocycles. The number of thiocarbonyl (C=S) groups is 1. The van der Waals surface area contributed by atoms with Crippen molar-refractivity contribution in [1.82, 2.24) is 0 Å². The minimum Gasteiger partial charge on any atom is -0.490 e. The highest BCUT2D eigenvalue weighted by molar-refractivity contribution is 9.10. The third-order valence-electron chi connectivity index (χ3n) is 2.35. The summed E-state index contributed by atoms with van der Waals surface area (Å²) in [5, 5.41) is 0. The maximum atomic E-state index is 5.86. The largest absolute Gasteiger partial charge is 0.490 e. The highest BCUT2D eigenvalue weighted by Gasteiger charge is 2.10. The number of nitrogens with two attached hydrogens (primary N) is 1. The van der Waals surface area contributed by atoms with Crippen molar-refractivity contribution in [3.8, 4) is 5.75 Å². The molecule has 1 unspecified atom stereocenters. The zero-order chi connectivity index (χ0) is 13.0. The van der Waals surface area contributed by atoms with E-state index in [9.17, 15) is 0 Å². The molecule has 17 heavy (non-hydrogen) atoms. The Morgan fingerprint density at radius 1 is 1.41 bits per heavy atom. The van der Waals surface area contributed by atoms with Gasteiger partial charge in [0.25, 0.3) is 0 Å². The number of ether oxygens (including phenoxy) is 1. The van der Waals surface area contributed by atoms with Gasteiger partial charge in [-0.1, -0.05) is 26.1 Å². The number of hydrogen-bond acceptors (Lipinski definition) is 2. The molecule has 0 aliphatic carbocycles. The van der Waals surface area contributed by atoms with Crippen LogP contribution in [0.3, 0.4) is 0 Å². The van der Waals surface area contributed by atoms with Gasteiger partial charge in [-0.15, -0.1) is 0 Å². The van der Waals surface area contributed by atoms with E-state index in [2.05, 4.69) is 36.7 Å². The lowest BCUT2D eigenvalue weighted by molar-refractivity contribution is 0.192. The van der Waals surface area contributed by atoms with E-state index < -0.39 is 0 Å². The summed E-state index contributed by atoms with van der Waals surface area (Å²) in [6, 6.07) is 5.67. The summed E-state index contributed by atoms with van der Waals surface area (Å²) in [4.78, 5) is 0.396. The van der Waals surface area contributed by atoms with Crippen molar-refractivity contribution in [2.75, 3.05) is 0 Å². The summed E-state index contributed by atoms with van der Waals surface area (Å²) in [5.74, 6) is 1.46. The van der Waals surface area contributed by atoms with Gasteiger partial charge in [0, 0.05) is 5.56 Å². The van der Waals surface area contributed by atoms with E-state index in [1.54, 1.807) is 0 Å². The maximum absolute atomic E-state index is 5.86. The van der Waals surface area contributed by atoms with Crippen LogP contribution in [-0.2, 0) is 0 Å². The van der Waals surface area contributed by atoms with E-state index in [1.165, 1.54) is 0 Å². The monoisotopic (exact) mass is 315 g/mol. The van der Waals surface area contributed by atoms with Gasteiger partial charge < -0.3 is 10.5 Å². The number of hydrogen-bond donors (Lipinski definition) is 1. The minimum atomic E-state index is 0.196. The van der Waals surface area contributed by atoms with Crippen LogP contribution in [0.15, 0.2) is 22.7 Å². The molecule has 1 aromatic carbocycles. The van der Waals surface area contributed by atoms with Gasteiger partial charge in [-0.05, 0) is 53.4 Å². The van der Waals surface area contributed by atoms with Gasteiger partial charge in [-0.2, -0.15) is 0 Å². The Hall–Kier alpha value is -0.610. The minimum absolute atomic E-state index is 0.196. The Labute approximate surface area is 117 Å². The number of halogens is 1. The fourth-order valence-electron chi connectivity index (χ4n) is 1.68. The first kappa shape index (κ1) is 14.5.